The van der Waals surface area contributed by atoms with E-state index in [0.29, 0.717) is 21.5 Å². The molecule has 4 bridgehead atoms. The minimum absolute atomic E-state index is 0.0560. The summed E-state index contributed by atoms with van der Waals surface area (Å²) < 4.78 is 64.3. The zero-order valence-electron chi connectivity index (χ0n) is 17.6. The molecule has 2 atom stereocenters. The Balaban J connectivity index is 1.19. The normalized spacial score (nSPS) is 23.9. The first-order chi connectivity index (χ1) is 16.7. The van der Waals surface area contributed by atoms with E-state index in [1.54, 1.807) is 0 Å². The molecule has 4 amide bonds. The SMILES string of the molecule is O=C1N2CC(n3cc(F)cn3)=CC(C2)N1OS(=O)(=O)ON1C(=O)N2CC(n3cc(F)cn3)=CC1C2. The Labute approximate surface area is 196 Å². The maximum Gasteiger partial charge on any atom is 0.442 e. The molecule has 2 aromatic rings. The Hall–Kier alpha value is -3.83. The average Bonchev–Trinajstić information content (AvgIpc) is 3.55. The number of aromatic nitrogens is 4. The van der Waals surface area contributed by atoms with E-state index in [2.05, 4.69) is 10.2 Å². The Morgan fingerprint density at radius 3 is 1.60 bits per heavy atom. The second-order valence-electron chi connectivity index (χ2n) is 8.19. The van der Waals surface area contributed by atoms with Crippen molar-refractivity contribution in [2.45, 2.75) is 12.1 Å². The first kappa shape index (κ1) is 21.7. The summed E-state index contributed by atoms with van der Waals surface area (Å²) in [7, 11) is -4.91. The van der Waals surface area contributed by atoms with Gasteiger partial charge in [-0.15, -0.1) is 8.57 Å². The van der Waals surface area contributed by atoms with Gasteiger partial charge in [0.05, 0.1) is 49.3 Å². The molecule has 14 nitrogen and oxygen atoms in total. The van der Waals surface area contributed by atoms with Gasteiger partial charge in [0, 0.05) is 13.1 Å². The summed E-state index contributed by atoms with van der Waals surface area (Å²) in [5.41, 5.74) is 0.902. The molecular formula is C18H16F2N8O6S. The lowest BCUT2D eigenvalue weighted by Gasteiger charge is -2.22. The smallest absolute Gasteiger partial charge is 0.314 e. The van der Waals surface area contributed by atoms with Crippen molar-refractivity contribution >= 4 is 33.9 Å². The molecule has 0 spiro atoms. The van der Waals surface area contributed by atoms with Gasteiger partial charge in [0.15, 0.2) is 11.6 Å². The molecule has 0 saturated carbocycles. The fourth-order valence-corrected chi connectivity index (χ4v) is 5.13. The van der Waals surface area contributed by atoms with Crippen LogP contribution in [0.25, 0.3) is 11.4 Å². The number of carbonyl (C=O) groups is 2. The summed E-state index contributed by atoms with van der Waals surface area (Å²) >= 11 is 0. The number of urea groups is 2. The predicted octanol–water partition coefficient (Wildman–Crippen LogP) is 0.0874. The van der Waals surface area contributed by atoms with E-state index in [9.17, 15) is 26.8 Å². The van der Waals surface area contributed by atoms with E-state index in [-0.39, 0.29) is 26.2 Å². The predicted molar refractivity (Wildman–Crippen MR) is 109 cm³/mol. The molecule has 2 fully saturated rings. The highest BCUT2D eigenvalue weighted by Gasteiger charge is 2.47. The van der Waals surface area contributed by atoms with Crippen LogP contribution in [0.2, 0.25) is 0 Å². The van der Waals surface area contributed by atoms with Crippen LogP contribution in [0.5, 0.6) is 0 Å². The Morgan fingerprint density at radius 1 is 0.800 bits per heavy atom. The third-order valence-corrected chi connectivity index (χ3v) is 6.53. The first-order valence-corrected chi connectivity index (χ1v) is 11.6. The van der Waals surface area contributed by atoms with E-state index in [1.165, 1.54) is 31.3 Å². The van der Waals surface area contributed by atoms with Crippen LogP contribution in [0.3, 0.4) is 0 Å². The van der Waals surface area contributed by atoms with Crippen molar-refractivity contribution in [2.24, 2.45) is 0 Å². The van der Waals surface area contributed by atoms with Gasteiger partial charge in [-0.3, -0.25) is 0 Å². The molecule has 35 heavy (non-hydrogen) atoms. The summed E-state index contributed by atoms with van der Waals surface area (Å²) in [5.74, 6) is -1.14. The van der Waals surface area contributed by atoms with Gasteiger partial charge in [-0.05, 0) is 12.2 Å². The number of nitrogens with zero attached hydrogens (tertiary/aromatic N) is 8. The van der Waals surface area contributed by atoms with E-state index in [1.807, 2.05) is 0 Å². The highest BCUT2D eigenvalue weighted by Crippen LogP contribution is 2.30. The molecule has 184 valence electrons. The van der Waals surface area contributed by atoms with Gasteiger partial charge in [-0.1, -0.05) is 0 Å². The molecule has 6 heterocycles. The quantitative estimate of drug-likeness (QED) is 0.534. The zero-order chi connectivity index (χ0) is 24.5. The number of hydrogen-bond donors (Lipinski definition) is 0. The van der Waals surface area contributed by atoms with E-state index in [0.717, 1.165) is 24.8 Å². The lowest BCUT2D eigenvalue weighted by atomic mass is 10.2. The topological polar surface area (TPSA) is 135 Å². The van der Waals surface area contributed by atoms with Crippen molar-refractivity contribution in [3.63, 3.8) is 0 Å². The van der Waals surface area contributed by atoms with E-state index >= 15 is 0 Å². The Kier molecular flexibility index (Phi) is 4.70. The molecule has 2 aromatic heterocycles. The average molecular weight is 510 g/mol. The van der Waals surface area contributed by atoms with Crippen LogP contribution in [0.15, 0.2) is 36.9 Å². The van der Waals surface area contributed by atoms with Gasteiger partial charge in [-0.2, -0.15) is 28.7 Å². The molecule has 0 aliphatic carbocycles. The van der Waals surface area contributed by atoms with Crippen molar-refractivity contribution in [3.05, 3.63) is 48.6 Å². The number of carbonyl (C=O) groups excluding carboxylic acids is 2. The van der Waals surface area contributed by atoms with Gasteiger partial charge < -0.3 is 9.80 Å². The number of halogens is 2. The maximum atomic E-state index is 13.3. The molecule has 2 unspecified atom stereocenters. The standard InChI is InChI=1S/C18H16F2N8O6S/c19-11-3-21-25(5-11)13-1-15-9-23(7-13)17(29)27(15)33-35(31,32)34-28-16-2-14(8-24(10-16)18(28)30)26-6-12(20)4-22-26/h1-6,15-16H,7-10H2. The molecule has 17 heteroatoms. The van der Waals surface area contributed by atoms with Crippen LogP contribution in [-0.2, 0) is 19.0 Å². The lowest BCUT2D eigenvalue weighted by Crippen LogP contribution is -2.40. The van der Waals surface area contributed by atoms with Crippen LogP contribution in [0.1, 0.15) is 0 Å². The summed E-state index contributed by atoms with van der Waals surface area (Å²) in [6.45, 7) is 0.376. The van der Waals surface area contributed by atoms with Crippen molar-refractivity contribution < 1.29 is 35.4 Å². The van der Waals surface area contributed by atoms with Gasteiger partial charge in [-0.25, -0.2) is 27.7 Å². The largest absolute Gasteiger partial charge is 0.442 e. The van der Waals surface area contributed by atoms with Crippen LogP contribution in [-0.4, -0.2) is 98.2 Å². The summed E-state index contributed by atoms with van der Waals surface area (Å²) in [5, 5.41) is 8.93. The second kappa shape index (κ2) is 7.59. The number of hydrogen-bond acceptors (Lipinski definition) is 8. The molecule has 4 aliphatic rings. The third kappa shape index (κ3) is 3.72. The van der Waals surface area contributed by atoms with Crippen LogP contribution >= 0.6 is 0 Å². The fourth-order valence-electron chi connectivity index (χ4n) is 4.36. The summed E-state index contributed by atoms with van der Waals surface area (Å²) in [6.07, 6.45) is 7.31. The van der Waals surface area contributed by atoms with Crippen molar-refractivity contribution in [3.8, 4) is 0 Å². The van der Waals surface area contributed by atoms with Crippen LogP contribution in [0, 0.1) is 11.6 Å². The fraction of sp³-hybridized carbons (Fsp3) is 0.333. The lowest BCUT2D eigenvalue weighted by molar-refractivity contribution is -0.0723. The molecule has 0 radical (unpaired) electrons. The number of hydroxylamine groups is 4. The van der Waals surface area contributed by atoms with Gasteiger partial charge in [0.25, 0.3) is 0 Å². The van der Waals surface area contributed by atoms with Crippen molar-refractivity contribution in [1.82, 2.24) is 39.5 Å². The van der Waals surface area contributed by atoms with Crippen molar-refractivity contribution in [2.75, 3.05) is 26.2 Å². The maximum absolute atomic E-state index is 13.3. The molecule has 6 rings (SSSR count). The number of amides is 4. The molecular weight excluding hydrogens is 494 g/mol. The second-order valence-corrected chi connectivity index (χ2v) is 9.31. The van der Waals surface area contributed by atoms with Crippen LogP contribution < -0.4 is 0 Å². The zero-order valence-corrected chi connectivity index (χ0v) is 18.5. The third-order valence-electron chi connectivity index (χ3n) is 5.84. The monoisotopic (exact) mass is 510 g/mol. The molecule has 2 saturated heterocycles. The highest BCUT2D eigenvalue weighted by atomic mass is 32.3. The Bertz CT molecular complexity index is 1300. The van der Waals surface area contributed by atoms with Gasteiger partial charge in [0.2, 0.25) is 0 Å². The van der Waals surface area contributed by atoms with E-state index in [4.69, 9.17) is 8.57 Å². The minimum Gasteiger partial charge on any atom is -0.314 e. The highest BCUT2D eigenvalue weighted by molar-refractivity contribution is 7.81. The number of fused-ring (bicyclic) bond motifs is 4. The van der Waals surface area contributed by atoms with Gasteiger partial charge in [0.1, 0.15) is 12.1 Å². The van der Waals surface area contributed by atoms with E-state index < -0.39 is 46.2 Å². The van der Waals surface area contributed by atoms with Gasteiger partial charge >= 0.3 is 22.5 Å². The summed E-state index contributed by atoms with van der Waals surface area (Å²) in [6, 6.07) is -3.15. The first-order valence-electron chi connectivity index (χ1n) is 10.3. The minimum atomic E-state index is -4.91. The summed E-state index contributed by atoms with van der Waals surface area (Å²) in [4.78, 5) is 27.9. The van der Waals surface area contributed by atoms with Crippen LogP contribution in [0.4, 0.5) is 18.4 Å². The molecule has 4 aliphatic heterocycles. The number of rotatable bonds is 6. The Morgan fingerprint density at radius 2 is 1.23 bits per heavy atom. The molecule has 0 N–H and O–H groups in total. The molecule has 0 aromatic carbocycles. The van der Waals surface area contributed by atoms with Crippen molar-refractivity contribution in [1.29, 1.82) is 0 Å².